The van der Waals surface area contributed by atoms with Gasteiger partial charge in [-0.05, 0) is 37.2 Å². The van der Waals surface area contributed by atoms with E-state index < -0.39 is 0 Å². The first kappa shape index (κ1) is 15.0. The van der Waals surface area contributed by atoms with Crippen LogP contribution in [0.15, 0.2) is 22.7 Å². The Morgan fingerprint density at radius 2 is 2.17 bits per heavy atom. The number of benzene rings is 1. The Kier molecular flexibility index (Phi) is 6.75. The number of rotatable bonds is 7. The number of carbonyl (C=O) groups excluding carboxylic acids is 1. The van der Waals surface area contributed by atoms with Crippen LogP contribution in [0.5, 0.6) is 5.75 Å². The average molecular weight is 315 g/mol. The normalized spacial score (nSPS) is 10.2. The van der Waals surface area contributed by atoms with Crippen molar-refractivity contribution < 1.29 is 9.53 Å². The van der Waals surface area contributed by atoms with E-state index in [2.05, 4.69) is 26.6 Å². The van der Waals surface area contributed by atoms with Gasteiger partial charge in [-0.1, -0.05) is 15.9 Å². The van der Waals surface area contributed by atoms with Gasteiger partial charge in [0.2, 0.25) is 5.91 Å². The first-order valence-corrected chi connectivity index (χ1v) is 6.73. The van der Waals surface area contributed by atoms with Gasteiger partial charge in [0.05, 0.1) is 6.61 Å². The van der Waals surface area contributed by atoms with E-state index in [0.29, 0.717) is 13.0 Å². The first-order chi connectivity index (χ1) is 8.67. The van der Waals surface area contributed by atoms with Gasteiger partial charge in [-0.3, -0.25) is 4.79 Å². The molecule has 0 saturated heterocycles. The smallest absolute Gasteiger partial charge is 0.219 e. The first-order valence-electron chi connectivity index (χ1n) is 5.93. The molecule has 0 bridgehead atoms. The lowest BCUT2D eigenvalue weighted by atomic mass is 10.2. The van der Waals surface area contributed by atoms with Gasteiger partial charge in [0, 0.05) is 24.5 Å². The molecule has 0 radical (unpaired) electrons. The standard InChI is InChI=1S/C13H19BrN2O2/c1-15-9-10-8-11(5-6-12(10)14)18-7-3-4-13(17)16-2/h5-6,8,15H,3-4,7,9H2,1-2H3,(H,16,17). The van der Waals surface area contributed by atoms with Crippen LogP contribution in [0.3, 0.4) is 0 Å². The number of ether oxygens (including phenoxy) is 1. The Hall–Kier alpha value is -1.07. The summed E-state index contributed by atoms with van der Waals surface area (Å²) in [6, 6.07) is 5.89. The Morgan fingerprint density at radius 3 is 2.83 bits per heavy atom. The van der Waals surface area contributed by atoms with Crippen molar-refractivity contribution >= 4 is 21.8 Å². The number of nitrogens with one attached hydrogen (secondary N) is 2. The van der Waals surface area contributed by atoms with Crippen LogP contribution >= 0.6 is 15.9 Å². The van der Waals surface area contributed by atoms with E-state index in [1.165, 1.54) is 0 Å². The van der Waals surface area contributed by atoms with Crippen LogP contribution in [0.4, 0.5) is 0 Å². The summed E-state index contributed by atoms with van der Waals surface area (Å²) >= 11 is 3.49. The fourth-order valence-corrected chi connectivity index (χ4v) is 1.90. The van der Waals surface area contributed by atoms with E-state index in [9.17, 15) is 4.79 Å². The van der Waals surface area contributed by atoms with E-state index in [1.54, 1.807) is 7.05 Å². The highest BCUT2D eigenvalue weighted by molar-refractivity contribution is 9.10. The zero-order valence-electron chi connectivity index (χ0n) is 10.8. The summed E-state index contributed by atoms with van der Waals surface area (Å²) in [7, 11) is 3.55. The molecule has 1 amide bonds. The predicted molar refractivity (Wildman–Crippen MR) is 75.7 cm³/mol. The summed E-state index contributed by atoms with van der Waals surface area (Å²) < 4.78 is 6.68. The van der Waals surface area contributed by atoms with E-state index in [-0.39, 0.29) is 5.91 Å². The van der Waals surface area contributed by atoms with Crippen molar-refractivity contribution in [3.05, 3.63) is 28.2 Å². The van der Waals surface area contributed by atoms with Crippen LogP contribution in [0.2, 0.25) is 0 Å². The molecule has 0 atom stereocenters. The molecular formula is C13H19BrN2O2. The van der Waals surface area contributed by atoms with Crippen molar-refractivity contribution in [2.75, 3.05) is 20.7 Å². The molecule has 1 aromatic rings. The molecule has 0 aromatic heterocycles. The van der Waals surface area contributed by atoms with Gasteiger partial charge in [0.1, 0.15) is 5.75 Å². The molecule has 1 rings (SSSR count). The largest absolute Gasteiger partial charge is 0.494 e. The molecule has 0 unspecified atom stereocenters. The maximum absolute atomic E-state index is 11.0. The zero-order valence-corrected chi connectivity index (χ0v) is 12.3. The van der Waals surface area contributed by atoms with Crippen LogP contribution in [0, 0.1) is 0 Å². The molecule has 4 nitrogen and oxygen atoms in total. The van der Waals surface area contributed by atoms with E-state index >= 15 is 0 Å². The second-order valence-corrected chi connectivity index (χ2v) is 4.76. The third-order valence-electron chi connectivity index (χ3n) is 2.48. The van der Waals surface area contributed by atoms with Gasteiger partial charge < -0.3 is 15.4 Å². The highest BCUT2D eigenvalue weighted by Crippen LogP contribution is 2.22. The van der Waals surface area contributed by atoms with Gasteiger partial charge in [-0.2, -0.15) is 0 Å². The second kappa shape index (κ2) is 8.11. The molecule has 1 aromatic carbocycles. The summed E-state index contributed by atoms with van der Waals surface area (Å²) in [4.78, 5) is 11.0. The fraction of sp³-hybridized carbons (Fsp3) is 0.462. The highest BCUT2D eigenvalue weighted by atomic mass is 79.9. The van der Waals surface area contributed by atoms with Crippen molar-refractivity contribution in [3.8, 4) is 5.75 Å². The Balaban J connectivity index is 2.42. The summed E-state index contributed by atoms with van der Waals surface area (Å²) in [5.74, 6) is 0.880. The molecule has 0 aliphatic carbocycles. The van der Waals surface area contributed by atoms with Crippen molar-refractivity contribution in [3.63, 3.8) is 0 Å². The minimum absolute atomic E-state index is 0.0466. The van der Waals surface area contributed by atoms with Gasteiger partial charge in [0.25, 0.3) is 0 Å². The quantitative estimate of drug-likeness (QED) is 0.758. The number of carbonyl (C=O) groups is 1. The molecule has 18 heavy (non-hydrogen) atoms. The van der Waals surface area contributed by atoms with E-state index in [0.717, 1.165) is 28.8 Å². The van der Waals surface area contributed by atoms with Crippen LogP contribution in [0.1, 0.15) is 18.4 Å². The molecule has 0 spiro atoms. The van der Waals surface area contributed by atoms with Gasteiger partial charge >= 0.3 is 0 Å². The molecule has 100 valence electrons. The van der Waals surface area contributed by atoms with Gasteiger partial charge in [-0.15, -0.1) is 0 Å². The fourth-order valence-electron chi connectivity index (χ4n) is 1.51. The molecule has 5 heteroatoms. The summed E-state index contributed by atoms with van der Waals surface area (Å²) in [5, 5.41) is 5.69. The average Bonchev–Trinajstić information content (AvgIpc) is 2.38. The zero-order chi connectivity index (χ0) is 13.4. The van der Waals surface area contributed by atoms with Crippen LogP contribution in [-0.2, 0) is 11.3 Å². The predicted octanol–water partition coefficient (Wildman–Crippen LogP) is 2.07. The number of amides is 1. The number of hydrogen-bond donors (Lipinski definition) is 2. The maximum atomic E-state index is 11.0. The van der Waals surface area contributed by atoms with Gasteiger partial charge in [-0.25, -0.2) is 0 Å². The topological polar surface area (TPSA) is 50.4 Å². The molecule has 0 heterocycles. The van der Waals surface area contributed by atoms with Crippen molar-refractivity contribution in [1.82, 2.24) is 10.6 Å². The Morgan fingerprint density at radius 1 is 1.39 bits per heavy atom. The molecule has 2 N–H and O–H groups in total. The van der Waals surface area contributed by atoms with Crippen molar-refractivity contribution in [2.45, 2.75) is 19.4 Å². The van der Waals surface area contributed by atoms with Crippen LogP contribution < -0.4 is 15.4 Å². The molecule has 0 aliphatic heterocycles. The second-order valence-electron chi connectivity index (χ2n) is 3.91. The molecule has 0 fully saturated rings. The van der Waals surface area contributed by atoms with E-state index in [4.69, 9.17) is 4.74 Å². The Bertz CT molecular complexity index is 397. The summed E-state index contributed by atoms with van der Waals surface area (Å²) in [5.41, 5.74) is 1.15. The van der Waals surface area contributed by atoms with Crippen LogP contribution in [0.25, 0.3) is 0 Å². The van der Waals surface area contributed by atoms with Crippen LogP contribution in [-0.4, -0.2) is 26.6 Å². The molecular weight excluding hydrogens is 296 g/mol. The monoisotopic (exact) mass is 314 g/mol. The third-order valence-corrected chi connectivity index (χ3v) is 3.25. The number of halogens is 1. The molecule has 0 aliphatic rings. The number of hydrogen-bond acceptors (Lipinski definition) is 3. The van der Waals surface area contributed by atoms with Crippen molar-refractivity contribution in [1.29, 1.82) is 0 Å². The Labute approximate surface area is 116 Å². The minimum atomic E-state index is 0.0466. The summed E-state index contributed by atoms with van der Waals surface area (Å²) in [6.07, 6.45) is 1.22. The summed E-state index contributed by atoms with van der Waals surface area (Å²) in [6.45, 7) is 1.34. The lowest BCUT2D eigenvalue weighted by Gasteiger charge is -2.09. The highest BCUT2D eigenvalue weighted by Gasteiger charge is 2.02. The minimum Gasteiger partial charge on any atom is -0.494 e. The third kappa shape index (κ3) is 5.06. The van der Waals surface area contributed by atoms with Gasteiger partial charge in [0.15, 0.2) is 0 Å². The van der Waals surface area contributed by atoms with E-state index in [1.807, 2.05) is 25.2 Å². The molecule has 0 saturated carbocycles. The van der Waals surface area contributed by atoms with Crippen molar-refractivity contribution in [2.24, 2.45) is 0 Å². The maximum Gasteiger partial charge on any atom is 0.219 e. The lowest BCUT2D eigenvalue weighted by Crippen LogP contribution is -2.18. The SMILES string of the molecule is CNCc1cc(OCCCC(=O)NC)ccc1Br. The lowest BCUT2D eigenvalue weighted by molar-refractivity contribution is -0.120.